The van der Waals surface area contributed by atoms with E-state index in [0.717, 1.165) is 17.1 Å². The molecule has 1 amide bonds. The van der Waals surface area contributed by atoms with Crippen molar-refractivity contribution in [2.75, 3.05) is 13.7 Å². The lowest BCUT2D eigenvalue weighted by molar-refractivity contribution is -0.139. The molecule has 2 aromatic carbocycles. The van der Waals surface area contributed by atoms with Crippen LogP contribution in [0.25, 0.3) is 5.69 Å². The summed E-state index contributed by atoms with van der Waals surface area (Å²) in [6.07, 6.45) is 1.32. The van der Waals surface area contributed by atoms with Gasteiger partial charge in [-0.3, -0.25) is 4.79 Å². The van der Waals surface area contributed by atoms with Crippen LogP contribution in [0.5, 0.6) is 17.2 Å². The van der Waals surface area contributed by atoms with Crippen molar-refractivity contribution in [2.45, 2.75) is 20.5 Å². The van der Waals surface area contributed by atoms with E-state index in [1.54, 1.807) is 18.2 Å². The number of carbonyl (C=O) groups is 2. The lowest BCUT2D eigenvalue weighted by atomic mass is 10.2. The Bertz CT molecular complexity index is 1490. The first-order valence-electron chi connectivity index (χ1n) is 11.8. The third kappa shape index (κ3) is 6.88. The van der Waals surface area contributed by atoms with E-state index in [1.807, 2.05) is 24.3 Å². The van der Waals surface area contributed by atoms with Crippen LogP contribution in [0.2, 0.25) is 0 Å². The second kappa shape index (κ2) is 12.4. The number of hydrogen-bond donors (Lipinski definition) is 2. The van der Waals surface area contributed by atoms with E-state index in [1.165, 1.54) is 19.4 Å². The first-order chi connectivity index (χ1) is 18.7. The zero-order valence-corrected chi connectivity index (χ0v) is 23.0. The number of aliphatic carboxylic acids is 1. The maximum Gasteiger partial charge on any atom is 0.341 e. The molecule has 0 aliphatic heterocycles. The molecule has 2 N–H and O–H groups in total. The first kappa shape index (κ1) is 27.5. The number of aromatic nitrogens is 1. The van der Waals surface area contributed by atoms with Crippen molar-refractivity contribution >= 4 is 34.0 Å². The number of carboxylic acid groups (broad SMARTS) is 1. The lowest BCUT2D eigenvalue weighted by Gasteiger charge is -2.12. The van der Waals surface area contributed by atoms with Crippen molar-refractivity contribution < 1.29 is 33.3 Å². The molecule has 0 spiro atoms. The molecule has 202 valence electrons. The Labute approximate surface area is 232 Å². The molecule has 4 rings (SSSR count). The summed E-state index contributed by atoms with van der Waals surface area (Å²) in [6.45, 7) is 3.68. The van der Waals surface area contributed by atoms with E-state index in [0.29, 0.717) is 27.3 Å². The number of nitrogens with zero attached hydrogens (tertiary/aromatic N) is 2. The Hall–Kier alpha value is -4.51. The van der Waals surface area contributed by atoms with Crippen molar-refractivity contribution in [3.63, 3.8) is 0 Å². The second-order valence-electron chi connectivity index (χ2n) is 8.41. The molecule has 2 aromatic heterocycles. The minimum atomic E-state index is -1.15. The zero-order chi connectivity index (χ0) is 27.9. The topological polar surface area (TPSA) is 125 Å². The van der Waals surface area contributed by atoms with E-state index >= 15 is 0 Å². The van der Waals surface area contributed by atoms with Gasteiger partial charge in [0.2, 0.25) is 0 Å². The fourth-order valence-electron chi connectivity index (χ4n) is 3.84. The average molecular weight is 596 g/mol. The summed E-state index contributed by atoms with van der Waals surface area (Å²) in [6, 6.07) is 18.3. The number of amides is 1. The maximum absolute atomic E-state index is 12.5. The van der Waals surface area contributed by atoms with Crippen LogP contribution < -0.4 is 19.6 Å². The fraction of sp³-hybridized carbons (Fsp3) is 0.179. The predicted molar refractivity (Wildman–Crippen MR) is 147 cm³/mol. The molecule has 11 heteroatoms. The van der Waals surface area contributed by atoms with Gasteiger partial charge in [0.05, 0.1) is 13.3 Å². The van der Waals surface area contributed by atoms with Crippen molar-refractivity contribution in [1.29, 1.82) is 0 Å². The van der Waals surface area contributed by atoms with E-state index in [4.69, 9.17) is 23.7 Å². The molecule has 4 aromatic rings. The maximum atomic E-state index is 12.5. The number of carbonyl (C=O) groups excluding carboxylic acids is 1. The smallest absolute Gasteiger partial charge is 0.341 e. The molecule has 0 unspecified atom stereocenters. The van der Waals surface area contributed by atoms with Gasteiger partial charge >= 0.3 is 11.9 Å². The Morgan fingerprint density at radius 3 is 2.44 bits per heavy atom. The van der Waals surface area contributed by atoms with Crippen molar-refractivity contribution in [2.24, 2.45) is 5.10 Å². The van der Waals surface area contributed by atoms with E-state index in [-0.39, 0.29) is 18.1 Å². The molecule has 0 fully saturated rings. The van der Waals surface area contributed by atoms with Gasteiger partial charge in [-0.25, -0.2) is 10.2 Å². The monoisotopic (exact) mass is 595 g/mol. The quantitative estimate of drug-likeness (QED) is 0.179. The summed E-state index contributed by atoms with van der Waals surface area (Å²) in [7, 11) is 1.43. The summed E-state index contributed by atoms with van der Waals surface area (Å²) in [5, 5.41) is 12.9. The highest BCUT2D eigenvalue weighted by Crippen LogP contribution is 2.34. The van der Waals surface area contributed by atoms with E-state index in [9.17, 15) is 9.59 Å². The number of methoxy groups -OCH3 is 1. The number of nitrogens with one attached hydrogen (secondary N) is 1. The first-order valence-corrected chi connectivity index (χ1v) is 12.6. The molecule has 0 saturated carbocycles. The molecule has 0 aliphatic carbocycles. The number of furan rings is 1. The SMILES string of the molecule is COc1cc(Br)cc(C=NNC(=O)c2ccc(COc3ccc(-n4c(C)ccc4C)cc3)o2)c1OCC(=O)O. The summed E-state index contributed by atoms with van der Waals surface area (Å²) in [4.78, 5) is 23.4. The normalized spacial score (nSPS) is 11.0. The van der Waals surface area contributed by atoms with Gasteiger partial charge in [-0.2, -0.15) is 5.10 Å². The molecule has 0 radical (unpaired) electrons. The number of carboxylic acids is 1. The third-order valence-electron chi connectivity index (χ3n) is 5.61. The van der Waals surface area contributed by atoms with Crippen molar-refractivity contribution in [1.82, 2.24) is 9.99 Å². The second-order valence-corrected chi connectivity index (χ2v) is 9.32. The van der Waals surface area contributed by atoms with E-state index in [2.05, 4.69) is 57.0 Å². The molecule has 2 heterocycles. The molecule has 10 nitrogen and oxygen atoms in total. The van der Waals surface area contributed by atoms with Crippen LogP contribution in [0, 0.1) is 13.8 Å². The number of aryl methyl sites for hydroxylation is 2. The third-order valence-corrected chi connectivity index (χ3v) is 6.07. The van der Waals surface area contributed by atoms with Crippen LogP contribution >= 0.6 is 15.9 Å². The van der Waals surface area contributed by atoms with Gasteiger partial charge in [-0.05, 0) is 74.5 Å². The number of hydrogen-bond acceptors (Lipinski definition) is 7. The molecular formula is C28H26BrN3O7. The van der Waals surface area contributed by atoms with E-state index < -0.39 is 18.5 Å². The number of hydrazone groups is 1. The van der Waals surface area contributed by atoms with Crippen LogP contribution in [0.1, 0.15) is 33.3 Å². The summed E-state index contributed by atoms with van der Waals surface area (Å²) >= 11 is 3.35. The van der Waals surface area contributed by atoms with Crippen LogP contribution in [0.4, 0.5) is 0 Å². The Balaban J connectivity index is 1.36. The number of halogens is 1. The molecule has 0 atom stereocenters. The minimum absolute atomic E-state index is 0.0498. The summed E-state index contributed by atoms with van der Waals surface area (Å²) < 4.78 is 24.8. The highest BCUT2D eigenvalue weighted by Gasteiger charge is 2.15. The highest BCUT2D eigenvalue weighted by atomic mass is 79.9. The summed E-state index contributed by atoms with van der Waals surface area (Å²) in [5.41, 5.74) is 6.11. The largest absolute Gasteiger partial charge is 0.493 e. The van der Waals surface area contributed by atoms with Crippen molar-refractivity contribution in [3.8, 4) is 22.9 Å². The minimum Gasteiger partial charge on any atom is -0.493 e. The molecule has 39 heavy (non-hydrogen) atoms. The van der Waals surface area contributed by atoms with Crippen LogP contribution in [-0.4, -0.2) is 41.5 Å². The Kier molecular flexibility index (Phi) is 8.72. The number of rotatable bonds is 11. The number of ether oxygens (including phenoxy) is 3. The Morgan fingerprint density at radius 1 is 1.05 bits per heavy atom. The molecule has 0 aliphatic rings. The predicted octanol–water partition coefficient (Wildman–Crippen LogP) is 5.26. The van der Waals surface area contributed by atoms with Gasteiger partial charge in [0.1, 0.15) is 18.1 Å². The van der Waals surface area contributed by atoms with Gasteiger partial charge in [-0.15, -0.1) is 0 Å². The van der Waals surface area contributed by atoms with Gasteiger partial charge in [0, 0.05) is 27.1 Å². The summed E-state index contributed by atoms with van der Waals surface area (Å²) in [5.74, 6) is -0.0650. The van der Waals surface area contributed by atoms with Crippen LogP contribution in [0.15, 0.2) is 74.7 Å². The van der Waals surface area contributed by atoms with Gasteiger partial charge < -0.3 is 28.3 Å². The molecular weight excluding hydrogens is 570 g/mol. The number of benzene rings is 2. The zero-order valence-electron chi connectivity index (χ0n) is 21.4. The van der Waals surface area contributed by atoms with Crippen molar-refractivity contribution in [3.05, 3.63) is 93.6 Å². The lowest BCUT2D eigenvalue weighted by Crippen LogP contribution is -2.17. The van der Waals surface area contributed by atoms with Gasteiger partial charge in [-0.1, -0.05) is 15.9 Å². The Morgan fingerprint density at radius 2 is 1.77 bits per heavy atom. The highest BCUT2D eigenvalue weighted by molar-refractivity contribution is 9.10. The van der Waals surface area contributed by atoms with Gasteiger partial charge in [0.15, 0.2) is 23.9 Å². The van der Waals surface area contributed by atoms with Gasteiger partial charge in [0.25, 0.3) is 0 Å². The molecule has 0 saturated heterocycles. The van der Waals surface area contributed by atoms with Crippen LogP contribution in [-0.2, 0) is 11.4 Å². The average Bonchev–Trinajstić information content (AvgIpc) is 3.52. The fourth-order valence-corrected chi connectivity index (χ4v) is 4.29. The standard InChI is InChI=1S/C28H26BrN3O7/c1-17-4-5-18(2)32(17)21-6-8-22(9-7-21)37-15-23-10-11-24(39-23)28(35)31-30-14-19-12-20(29)13-25(36-3)27(19)38-16-26(33)34/h4-14H,15-16H2,1-3H3,(H,31,35)(H,33,34). The van der Waals surface area contributed by atoms with Crippen LogP contribution in [0.3, 0.4) is 0 Å². The molecule has 0 bridgehead atoms.